The van der Waals surface area contributed by atoms with Crippen LogP contribution in [0.4, 0.5) is 11.6 Å². The lowest BCUT2D eigenvalue weighted by Gasteiger charge is -2.11. The lowest BCUT2D eigenvalue weighted by Crippen LogP contribution is -2.21. The van der Waals surface area contributed by atoms with Crippen molar-refractivity contribution in [1.29, 1.82) is 0 Å². The van der Waals surface area contributed by atoms with Crippen LogP contribution in [0.5, 0.6) is 0 Å². The zero-order chi connectivity index (χ0) is 24.2. The number of hydrogen-bond donors (Lipinski definition) is 1. The molecule has 0 aromatic carbocycles. The van der Waals surface area contributed by atoms with Gasteiger partial charge in [0.05, 0.1) is 0 Å². The number of nitrogens with one attached hydrogen (secondary N) is 1. The molecule has 9 nitrogen and oxygen atoms in total. The van der Waals surface area contributed by atoms with Crippen molar-refractivity contribution in [1.82, 2.24) is 29.8 Å². The van der Waals surface area contributed by atoms with Crippen LogP contribution >= 0.6 is 11.3 Å². The van der Waals surface area contributed by atoms with Crippen LogP contribution < -0.4 is 5.32 Å². The third-order valence-corrected chi connectivity index (χ3v) is 6.62. The Morgan fingerprint density at radius 1 is 1.09 bits per heavy atom. The molecule has 0 radical (unpaired) electrons. The molecule has 0 unspecified atom stereocenters. The van der Waals surface area contributed by atoms with Crippen molar-refractivity contribution in [2.45, 2.75) is 25.9 Å². The first-order chi connectivity index (χ1) is 17.0. The summed E-state index contributed by atoms with van der Waals surface area (Å²) in [5, 5.41) is 3.22. The molecule has 0 aliphatic carbocycles. The number of pyridine rings is 1. The van der Waals surface area contributed by atoms with Gasteiger partial charge in [0, 0.05) is 42.5 Å². The Bertz CT molecular complexity index is 1340. The summed E-state index contributed by atoms with van der Waals surface area (Å²) in [6.07, 6.45) is 4.75. The van der Waals surface area contributed by atoms with Gasteiger partial charge in [-0.15, -0.1) is 11.3 Å². The van der Waals surface area contributed by atoms with E-state index < -0.39 is 0 Å². The number of anilines is 2. The summed E-state index contributed by atoms with van der Waals surface area (Å²) in [5.74, 6) is 2.15. The molecule has 5 heterocycles. The number of esters is 1. The van der Waals surface area contributed by atoms with Crippen molar-refractivity contribution in [3.63, 3.8) is 0 Å². The molecule has 1 N–H and O–H groups in total. The molecule has 0 saturated carbocycles. The molecule has 1 fully saturated rings. The van der Waals surface area contributed by atoms with Crippen molar-refractivity contribution >= 4 is 28.9 Å². The van der Waals surface area contributed by atoms with Crippen molar-refractivity contribution < 1.29 is 9.53 Å². The number of carbonyl (C=O) groups is 1. The van der Waals surface area contributed by atoms with Crippen LogP contribution in [-0.2, 0) is 11.2 Å². The van der Waals surface area contributed by atoms with Gasteiger partial charge in [-0.25, -0.2) is 29.7 Å². The molecule has 5 rings (SSSR count). The molecule has 0 spiro atoms. The summed E-state index contributed by atoms with van der Waals surface area (Å²) in [6, 6.07) is 13.0. The normalized spacial score (nSPS) is 15.8. The van der Waals surface area contributed by atoms with E-state index in [0.29, 0.717) is 40.3 Å². The molecule has 1 saturated heterocycles. The Morgan fingerprint density at radius 3 is 2.71 bits per heavy atom. The molecule has 4 aromatic rings. The summed E-state index contributed by atoms with van der Waals surface area (Å²) in [6.45, 7) is 3.67. The number of nitrogens with zero attached hydrogens (tertiary/aromatic N) is 6. The quantitative estimate of drug-likeness (QED) is 0.389. The van der Waals surface area contributed by atoms with Gasteiger partial charge in [0.15, 0.2) is 5.82 Å². The third-order valence-electron chi connectivity index (χ3n) is 5.55. The second kappa shape index (κ2) is 10.2. The van der Waals surface area contributed by atoms with E-state index in [1.807, 2.05) is 44.3 Å². The van der Waals surface area contributed by atoms with Gasteiger partial charge >= 0.3 is 5.97 Å². The molecular formula is C25H25N7O2S. The van der Waals surface area contributed by atoms with Crippen molar-refractivity contribution in [2.24, 2.45) is 0 Å². The molecule has 178 valence electrons. The van der Waals surface area contributed by atoms with Gasteiger partial charge in [-0.2, -0.15) is 0 Å². The predicted molar refractivity (Wildman–Crippen MR) is 134 cm³/mol. The van der Waals surface area contributed by atoms with Crippen molar-refractivity contribution in [3.8, 4) is 11.5 Å². The van der Waals surface area contributed by atoms with E-state index >= 15 is 0 Å². The maximum atomic E-state index is 12.5. The number of carbonyl (C=O) groups excluding carboxylic acids is 1. The van der Waals surface area contributed by atoms with Crippen LogP contribution in [0.1, 0.15) is 32.5 Å². The van der Waals surface area contributed by atoms with Crippen molar-refractivity contribution in [2.75, 3.05) is 25.5 Å². The number of rotatable bonds is 7. The number of thiophene rings is 1. The molecule has 10 heteroatoms. The fourth-order valence-electron chi connectivity index (χ4n) is 3.84. The van der Waals surface area contributed by atoms with Gasteiger partial charge < -0.3 is 15.0 Å². The molecular weight excluding hydrogens is 462 g/mol. The smallest absolute Gasteiger partial charge is 0.348 e. The molecule has 1 aliphatic rings. The monoisotopic (exact) mass is 487 g/mol. The zero-order valence-corrected chi connectivity index (χ0v) is 20.3. The second-order valence-electron chi connectivity index (χ2n) is 8.43. The lowest BCUT2D eigenvalue weighted by molar-refractivity contribution is 0.0333. The molecule has 0 bridgehead atoms. The number of hydrogen-bond acceptors (Lipinski definition) is 10. The highest BCUT2D eigenvalue weighted by Crippen LogP contribution is 2.23. The molecule has 1 atom stereocenters. The number of likely N-dealkylation sites (tertiary alicyclic amines) is 1. The Balaban J connectivity index is 1.24. The highest BCUT2D eigenvalue weighted by Gasteiger charge is 2.24. The Kier molecular flexibility index (Phi) is 6.73. The Labute approximate surface area is 207 Å². The molecule has 0 amide bonds. The topological polar surface area (TPSA) is 106 Å². The first kappa shape index (κ1) is 23.0. The van der Waals surface area contributed by atoms with E-state index in [4.69, 9.17) is 4.74 Å². The molecule has 4 aromatic heterocycles. The van der Waals surface area contributed by atoms with Gasteiger partial charge in [0.1, 0.15) is 34.1 Å². The van der Waals surface area contributed by atoms with E-state index in [1.165, 1.54) is 11.3 Å². The van der Waals surface area contributed by atoms with E-state index in [1.54, 1.807) is 24.5 Å². The average Bonchev–Trinajstić information content (AvgIpc) is 3.48. The fourth-order valence-corrected chi connectivity index (χ4v) is 4.73. The average molecular weight is 488 g/mol. The number of ether oxygens (including phenoxy) is 1. The van der Waals surface area contributed by atoms with Crippen LogP contribution in [0.3, 0.4) is 0 Å². The Morgan fingerprint density at radius 2 is 1.91 bits per heavy atom. The van der Waals surface area contributed by atoms with Crippen LogP contribution in [0.25, 0.3) is 11.5 Å². The van der Waals surface area contributed by atoms with Gasteiger partial charge in [0.25, 0.3) is 0 Å². The van der Waals surface area contributed by atoms with Gasteiger partial charge in [-0.1, -0.05) is 6.07 Å². The van der Waals surface area contributed by atoms with Crippen LogP contribution in [0.2, 0.25) is 0 Å². The molecule has 1 aliphatic heterocycles. The Hall–Kier alpha value is -3.76. The zero-order valence-electron chi connectivity index (χ0n) is 19.5. The first-order valence-corrected chi connectivity index (χ1v) is 12.2. The van der Waals surface area contributed by atoms with Crippen molar-refractivity contribution in [3.05, 3.63) is 76.1 Å². The minimum atomic E-state index is -0.263. The van der Waals surface area contributed by atoms with Crippen LogP contribution in [0, 0.1) is 6.92 Å². The standard InChI is InChI=1S/C25H25N7O2S/c1-16-4-3-5-19(28-16)24-27-12-9-22(31-24)29-21-8-11-26-23(30-21)14-18-6-7-20(35-18)25(33)34-17-10-13-32(2)15-17/h3-9,11-12,17H,10,13-15H2,1-2H3,(H,26,27,29,30,31)/t17-/m1/s1. The summed E-state index contributed by atoms with van der Waals surface area (Å²) < 4.78 is 5.64. The maximum Gasteiger partial charge on any atom is 0.348 e. The highest BCUT2D eigenvalue weighted by molar-refractivity contribution is 7.13. The molecule has 35 heavy (non-hydrogen) atoms. The van der Waals surface area contributed by atoms with Gasteiger partial charge in [-0.3, -0.25) is 0 Å². The summed E-state index contributed by atoms with van der Waals surface area (Å²) in [4.78, 5) is 38.6. The minimum Gasteiger partial charge on any atom is -0.457 e. The summed E-state index contributed by atoms with van der Waals surface area (Å²) >= 11 is 1.41. The highest BCUT2D eigenvalue weighted by atomic mass is 32.1. The largest absolute Gasteiger partial charge is 0.457 e. The number of likely N-dealkylation sites (N-methyl/N-ethyl adjacent to an activating group) is 1. The minimum absolute atomic E-state index is 0.0341. The predicted octanol–water partition coefficient (Wildman–Crippen LogP) is 3.89. The van der Waals surface area contributed by atoms with E-state index in [9.17, 15) is 4.79 Å². The van der Waals surface area contributed by atoms with E-state index in [-0.39, 0.29) is 12.1 Å². The second-order valence-corrected chi connectivity index (χ2v) is 9.60. The SMILES string of the molecule is Cc1cccc(-c2nccc(Nc3ccnc(Cc4ccc(C(=O)O[C@@H]5CCN(C)C5)s4)n3)n2)n1. The summed E-state index contributed by atoms with van der Waals surface area (Å²) in [5.41, 5.74) is 1.62. The number of aromatic nitrogens is 5. The van der Waals surface area contributed by atoms with Crippen LogP contribution in [-0.4, -0.2) is 62.0 Å². The lowest BCUT2D eigenvalue weighted by atomic mass is 10.3. The third kappa shape index (κ3) is 5.84. The summed E-state index contributed by atoms with van der Waals surface area (Å²) in [7, 11) is 2.03. The maximum absolute atomic E-state index is 12.5. The fraction of sp³-hybridized carbons (Fsp3) is 0.280. The number of aryl methyl sites for hydroxylation is 1. The van der Waals surface area contributed by atoms with Crippen LogP contribution in [0.15, 0.2) is 54.9 Å². The van der Waals surface area contributed by atoms with Gasteiger partial charge in [-0.05, 0) is 56.8 Å². The van der Waals surface area contributed by atoms with Gasteiger partial charge in [0.2, 0.25) is 0 Å². The van der Waals surface area contributed by atoms with E-state index in [2.05, 4.69) is 35.1 Å². The van der Waals surface area contributed by atoms with E-state index in [0.717, 1.165) is 30.1 Å². The first-order valence-electron chi connectivity index (χ1n) is 11.4.